The average Bonchev–Trinajstić information content (AvgIpc) is 2.49. The molecular formula is C19H18. The summed E-state index contributed by atoms with van der Waals surface area (Å²) in [6.45, 7) is 2.14. The van der Waals surface area contributed by atoms with Gasteiger partial charge in [-0.2, -0.15) is 0 Å². The zero-order valence-corrected chi connectivity index (χ0v) is 11.3. The monoisotopic (exact) mass is 246 g/mol. The van der Waals surface area contributed by atoms with Gasteiger partial charge in [0.1, 0.15) is 0 Å². The fraction of sp³-hybridized carbons (Fsp3) is 0.263. The lowest BCUT2D eigenvalue weighted by atomic mass is 9.55. The lowest BCUT2D eigenvalue weighted by molar-refractivity contribution is 0.439. The van der Waals surface area contributed by atoms with Crippen molar-refractivity contribution >= 4 is 0 Å². The van der Waals surface area contributed by atoms with Crippen molar-refractivity contribution in [1.29, 1.82) is 0 Å². The molecule has 0 atom stereocenters. The Morgan fingerprint density at radius 3 is 2.11 bits per heavy atom. The largest absolute Gasteiger partial charge is 0.0904 e. The second kappa shape index (κ2) is 3.84. The highest BCUT2D eigenvalue weighted by Gasteiger charge is 2.46. The fourth-order valence-electron chi connectivity index (χ4n) is 4.23. The van der Waals surface area contributed by atoms with Crippen LogP contribution in [0.1, 0.15) is 47.9 Å². The van der Waals surface area contributed by atoms with E-state index in [4.69, 9.17) is 0 Å². The third-order valence-corrected chi connectivity index (χ3v) is 4.91. The summed E-state index contributed by atoms with van der Waals surface area (Å²) >= 11 is 0. The van der Waals surface area contributed by atoms with E-state index >= 15 is 0 Å². The van der Waals surface area contributed by atoms with Gasteiger partial charge in [-0.1, -0.05) is 60.7 Å². The molecule has 0 N–H and O–H groups in total. The minimum absolute atomic E-state index is 0.122. The van der Waals surface area contributed by atoms with Gasteiger partial charge < -0.3 is 0 Å². The minimum Gasteiger partial charge on any atom is -0.0904 e. The van der Waals surface area contributed by atoms with E-state index in [9.17, 15) is 0 Å². The van der Waals surface area contributed by atoms with Crippen molar-refractivity contribution in [3.05, 3.63) is 82.9 Å². The Balaban J connectivity index is 2.10. The standard InChI is InChI=1S/C19H18/c1-2-12-19-13-11-14(15-7-3-5-9-17(15)19)16-8-4-6-10-18(16)19/h2-10,12,14H,11,13H2,1H3. The van der Waals surface area contributed by atoms with E-state index < -0.39 is 0 Å². The topological polar surface area (TPSA) is 0 Å². The molecule has 0 radical (unpaired) electrons. The van der Waals surface area contributed by atoms with Crippen LogP contribution < -0.4 is 0 Å². The Morgan fingerprint density at radius 1 is 0.947 bits per heavy atom. The molecule has 2 aromatic carbocycles. The molecule has 0 nitrogen and oxygen atoms in total. The first-order valence-electron chi connectivity index (χ1n) is 7.19. The SMILES string of the molecule is CC=CC12CCC(c3ccccc31)c1ccccc12. The van der Waals surface area contributed by atoms with E-state index in [1.54, 1.807) is 11.1 Å². The molecule has 0 amide bonds. The normalized spacial score (nSPS) is 27.3. The van der Waals surface area contributed by atoms with Crippen molar-refractivity contribution in [1.82, 2.24) is 0 Å². The van der Waals surface area contributed by atoms with Crippen LogP contribution >= 0.6 is 0 Å². The van der Waals surface area contributed by atoms with Crippen molar-refractivity contribution < 1.29 is 0 Å². The first-order valence-corrected chi connectivity index (χ1v) is 7.19. The summed E-state index contributed by atoms with van der Waals surface area (Å²) in [5.41, 5.74) is 6.28. The Labute approximate surface area is 114 Å². The number of hydrogen-bond acceptors (Lipinski definition) is 0. The molecule has 0 spiro atoms. The van der Waals surface area contributed by atoms with Crippen LogP contribution in [0, 0.1) is 0 Å². The first kappa shape index (κ1) is 11.0. The summed E-state index contributed by atoms with van der Waals surface area (Å²) in [4.78, 5) is 0. The van der Waals surface area contributed by atoms with E-state index in [0.717, 1.165) is 0 Å². The first-order chi connectivity index (χ1) is 9.37. The number of benzene rings is 2. The van der Waals surface area contributed by atoms with Crippen molar-refractivity contribution in [3.63, 3.8) is 0 Å². The maximum Gasteiger partial charge on any atom is 0.0388 e. The molecule has 0 heterocycles. The van der Waals surface area contributed by atoms with Crippen molar-refractivity contribution in [2.24, 2.45) is 0 Å². The molecule has 0 aromatic heterocycles. The second-order valence-corrected chi connectivity index (χ2v) is 5.74. The van der Waals surface area contributed by atoms with Gasteiger partial charge in [0.15, 0.2) is 0 Å². The van der Waals surface area contributed by atoms with Gasteiger partial charge in [0, 0.05) is 11.3 Å². The summed E-state index contributed by atoms with van der Waals surface area (Å²) in [6.07, 6.45) is 7.16. The fourth-order valence-corrected chi connectivity index (χ4v) is 4.23. The van der Waals surface area contributed by atoms with Gasteiger partial charge in [-0.25, -0.2) is 0 Å². The van der Waals surface area contributed by atoms with E-state index in [-0.39, 0.29) is 5.41 Å². The Kier molecular flexibility index (Phi) is 2.23. The van der Waals surface area contributed by atoms with Crippen LogP contribution in [0.3, 0.4) is 0 Å². The average molecular weight is 246 g/mol. The molecule has 3 aliphatic rings. The highest BCUT2D eigenvalue weighted by molar-refractivity contribution is 5.61. The quantitative estimate of drug-likeness (QED) is 0.635. The van der Waals surface area contributed by atoms with Gasteiger partial charge in [0.25, 0.3) is 0 Å². The van der Waals surface area contributed by atoms with E-state index in [2.05, 4.69) is 67.6 Å². The zero-order chi connectivity index (χ0) is 12.9. The summed E-state index contributed by atoms with van der Waals surface area (Å²) < 4.78 is 0. The number of rotatable bonds is 1. The third-order valence-electron chi connectivity index (χ3n) is 4.91. The van der Waals surface area contributed by atoms with Crippen LogP contribution in [-0.4, -0.2) is 0 Å². The lowest BCUT2D eigenvalue weighted by Crippen LogP contribution is -2.38. The Hall–Kier alpha value is -1.82. The molecule has 0 saturated carbocycles. The third kappa shape index (κ3) is 1.29. The van der Waals surface area contributed by atoms with Crippen LogP contribution in [-0.2, 0) is 5.41 Å². The van der Waals surface area contributed by atoms with Gasteiger partial charge in [0.05, 0.1) is 0 Å². The second-order valence-electron chi connectivity index (χ2n) is 5.74. The van der Waals surface area contributed by atoms with Crippen LogP contribution in [0.4, 0.5) is 0 Å². The van der Waals surface area contributed by atoms with Crippen molar-refractivity contribution in [2.45, 2.75) is 31.1 Å². The molecule has 0 unspecified atom stereocenters. The van der Waals surface area contributed by atoms with E-state index in [0.29, 0.717) is 5.92 Å². The van der Waals surface area contributed by atoms with Crippen molar-refractivity contribution in [2.75, 3.05) is 0 Å². The minimum atomic E-state index is 0.122. The van der Waals surface area contributed by atoms with Gasteiger partial charge in [-0.05, 0) is 42.0 Å². The maximum atomic E-state index is 2.42. The highest BCUT2D eigenvalue weighted by Crippen LogP contribution is 2.56. The predicted molar refractivity (Wildman–Crippen MR) is 79.6 cm³/mol. The summed E-state index contributed by atoms with van der Waals surface area (Å²) in [5, 5.41) is 0. The maximum absolute atomic E-state index is 2.42. The number of allylic oxidation sites excluding steroid dienone is 2. The molecule has 19 heavy (non-hydrogen) atoms. The summed E-state index contributed by atoms with van der Waals surface area (Å²) in [7, 11) is 0. The predicted octanol–water partition coefficient (Wildman–Crippen LogP) is 4.79. The Bertz CT molecular complexity index is 616. The lowest BCUT2D eigenvalue weighted by Gasteiger charge is -2.48. The van der Waals surface area contributed by atoms with Gasteiger partial charge >= 0.3 is 0 Å². The van der Waals surface area contributed by atoms with Gasteiger partial charge in [0.2, 0.25) is 0 Å². The smallest absolute Gasteiger partial charge is 0.0388 e. The molecule has 2 bridgehead atoms. The summed E-state index contributed by atoms with van der Waals surface area (Å²) in [6, 6.07) is 18.1. The molecule has 5 rings (SSSR count). The molecule has 0 saturated heterocycles. The van der Waals surface area contributed by atoms with Crippen LogP contribution in [0.25, 0.3) is 0 Å². The molecule has 94 valence electrons. The number of fused-ring (bicyclic) bond motifs is 1. The molecular weight excluding hydrogens is 228 g/mol. The van der Waals surface area contributed by atoms with Gasteiger partial charge in [-0.3, -0.25) is 0 Å². The van der Waals surface area contributed by atoms with Crippen LogP contribution in [0.15, 0.2) is 60.7 Å². The number of hydrogen-bond donors (Lipinski definition) is 0. The van der Waals surface area contributed by atoms with Crippen molar-refractivity contribution in [3.8, 4) is 0 Å². The molecule has 0 fully saturated rings. The van der Waals surface area contributed by atoms with Crippen LogP contribution in [0.5, 0.6) is 0 Å². The molecule has 3 aliphatic carbocycles. The molecule has 0 heteroatoms. The van der Waals surface area contributed by atoms with E-state index in [1.807, 2.05) is 0 Å². The van der Waals surface area contributed by atoms with Crippen LogP contribution in [0.2, 0.25) is 0 Å². The van der Waals surface area contributed by atoms with Gasteiger partial charge in [-0.15, -0.1) is 0 Å². The summed E-state index contributed by atoms with van der Waals surface area (Å²) in [5.74, 6) is 0.611. The highest BCUT2D eigenvalue weighted by atomic mass is 14.5. The van der Waals surface area contributed by atoms with E-state index in [1.165, 1.54) is 24.0 Å². The molecule has 2 aromatic rings. The Morgan fingerprint density at radius 2 is 1.53 bits per heavy atom. The zero-order valence-electron chi connectivity index (χ0n) is 11.3. The molecule has 0 aliphatic heterocycles.